The average molecular weight is 327 g/mol. The molecule has 7 heteroatoms. The van der Waals surface area contributed by atoms with Crippen LogP contribution in [0.15, 0.2) is 65.4 Å². The Morgan fingerprint density at radius 3 is 2.08 bits per heavy atom. The third-order valence-corrected chi connectivity index (χ3v) is 3.11. The van der Waals surface area contributed by atoms with Gasteiger partial charge in [-0.2, -0.15) is 0 Å². The topological polar surface area (TPSA) is 86.0 Å². The molecule has 0 saturated heterocycles. The molecule has 0 heterocycles. The van der Waals surface area contributed by atoms with Crippen LogP contribution in [0.4, 0.5) is 11.4 Å². The fraction of sp³-hybridized carbons (Fsp3) is 0.118. The zero-order valence-electron chi connectivity index (χ0n) is 13.3. The van der Waals surface area contributed by atoms with Gasteiger partial charge >= 0.3 is 5.70 Å². The second-order valence-electron chi connectivity index (χ2n) is 4.66. The Kier molecular flexibility index (Phi) is 5.90. The molecule has 2 rings (SSSR count). The molecule has 2 aromatic carbocycles. The number of hydrogen-bond donors (Lipinski definition) is 1. The number of rotatable bonds is 7. The number of anilines is 1. The van der Waals surface area contributed by atoms with Crippen LogP contribution in [0.1, 0.15) is 0 Å². The van der Waals surface area contributed by atoms with Gasteiger partial charge in [-0.05, 0) is 48.5 Å². The molecule has 0 unspecified atom stereocenters. The normalized spacial score (nSPS) is 11.3. The predicted octanol–water partition coefficient (Wildman–Crippen LogP) is 3.64. The number of nitrogens with one attached hydrogen (secondary N) is 1. The number of hydrogen-bond acceptors (Lipinski definition) is 6. The van der Waals surface area contributed by atoms with Gasteiger partial charge in [0.15, 0.2) is 0 Å². The van der Waals surface area contributed by atoms with Crippen molar-refractivity contribution in [3.05, 3.63) is 70.5 Å². The zero-order chi connectivity index (χ0) is 17.4. The molecule has 1 N–H and O–H groups in total. The van der Waals surface area contributed by atoms with Crippen LogP contribution in [0.3, 0.4) is 0 Å². The second-order valence-corrected chi connectivity index (χ2v) is 4.66. The van der Waals surface area contributed by atoms with Gasteiger partial charge in [-0.15, -0.1) is 0 Å². The third kappa shape index (κ3) is 4.84. The Balaban J connectivity index is 2.09. The van der Waals surface area contributed by atoms with E-state index in [4.69, 9.17) is 9.47 Å². The Labute approximate surface area is 139 Å². The highest BCUT2D eigenvalue weighted by Crippen LogP contribution is 2.18. The molecule has 0 aliphatic rings. The highest BCUT2D eigenvalue weighted by molar-refractivity contribution is 5.78. The Bertz CT molecular complexity index is 737. The molecule has 0 amide bonds. The molecule has 0 aromatic heterocycles. The van der Waals surface area contributed by atoms with Gasteiger partial charge in [-0.1, -0.05) is 0 Å². The maximum Gasteiger partial charge on any atom is 0.303 e. The minimum Gasteiger partial charge on any atom is -0.497 e. The standard InChI is InChI=1S/C17H17N3O4/c1-23-16-7-3-13(4-8-16)18-11-15(20(21)22)12-19-14-5-9-17(24-2)10-6-14/h3-12,18H,1-2H3. The lowest BCUT2D eigenvalue weighted by Gasteiger charge is -2.02. The molecule has 0 bridgehead atoms. The summed E-state index contributed by atoms with van der Waals surface area (Å²) < 4.78 is 10.1. The lowest BCUT2D eigenvalue weighted by atomic mass is 10.3. The largest absolute Gasteiger partial charge is 0.497 e. The number of aliphatic imine (C=N–C) groups is 1. The first kappa shape index (κ1) is 17.0. The van der Waals surface area contributed by atoms with E-state index in [-0.39, 0.29) is 5.70 Å². The first-order chi connectivity index (χ1) is 11.6. The summed E-state index contributed by atoms with van der Waals surface area (Å²) in [7, 11) is 3.14. The molecule has 0 saturated carbocycles. The number of allylic oxidation sites excluding steroid dienone is 1. The molecule has 0 spiro atoms. The molecule has 7 nitrogen and oxygen atoms in total. The van der Waals surface area contributed by atoms with Crippen molar-refractivity contribution in [2.45, 2.75) is 0 Å². The van der Waals surface area contributed by atoms with Crippen LogP contribution >= 0.6 is 0 Å². The Morgan fingerprint density at radius 2 is 1.58 bits per heavy atom. The summed E-state index contributed by atoms with van der Waals surface area (Å²) in [6, 6.07) is 13.9. The summed E-state index contributed by atoms with van der Waals surface area (Å²) in [5, 5.41) is 14.0. The number of nitrogens with zero attached hydrogens (tertiary/aromatic N) is 2. The van der Waals surface area contributed by atoms with Gasteiger partial charge < -0.3 is 14.8 Å². The molecule has 24 heavy (non-hydrogen) atoms. The van der Waals surface area contributed by atoms with Crippen molar-refractivity contribution >= 4 is 17.6 Å². The van der Waals surface area contributed by atoms with Crippen molar-refractivity contribution in [2.75, 3.05) is 19.5 Å². The number of benzene rings is 2. The van der Waals surface area contributed by atoms with E-state index in [9.17, 15) is 10.1 Å². The van der Waals surface area contributed by atoms with Gasteiger partial charge in [0.2, 0.25) is 0 Å². The van der Waals surface area contributed by atoms with Crippen molar-refractivity contribution in [1.82, 2.24) is 0 Å². The second kappa shape index (κ2) is 8.33. The van der Waals surface area contributed by atoms with E-state index >= 15 is 0 Å². The van der Waals surface area contributed by atoms with Crippen LogP contribution in [-0.4, -0.2) is 25.4 Å². The van der Waals surface area contributed by atoms with Crippen LogP contribution in [0, 0.1) is 10.1 Å². The van der Waals surface area contributed by atoms with E-state index in [0.29, 0.717) is 22.9 Å². The summed E-state index contributed by atoms with van der Waals surface area (Å²) in [5.74, 6) is 1.40. The van der Waals surface area contributed by atoms with Crippen molar-refractivity contribution in [3.63, 3.8) is 0 Å². The number of nitro groups is 1. The minimum absolute atomic E-state index is 0.165. The molecular weight excluding hydrogens is 310 g/mol. The SMILES string of the molecule is COc1ccc(N=CC(=CNc2ccc(OC)cc2)[N+](=O)[O-])cc1. The van der Waals surface area contributed by atoms with Crippen molar-refractivity contribution in [3.8, 4) is 11.5 Å². The van der Waals surface area contributed by atoms with Gasteiger partial charge in [-0.25, -0.2) is 4.99 Å². The molecule has 0 radical (unpaired) electrons. The molecule has 0 atom stereocenters. The maximum atomic E-state index is 11.1. The lowest BCUT2D eigenvalue weighted by Crippen LogP contribution is -2.03. The third-order valence-electron chi connectivity index (χ3n) is 3.11. The van der Waals surface area contributed by atoms with Crippen LogP contribution in [0.2, 0.25) is 0 Å². The van der Waals surface area contributed by atoms with E-state index in [0.717, 1.165) is 0 Å². The number of ether oxygens (including phenoxy) is 2. The van der Waals surface area contributed by atoms with Crippen molar-refractivity contribution in [2.24, 2.45) is 4.99 Å². The highest BCUT2D eigenvalue weighted by atomic mass is 16.6. The monoisotopic (exact) mass is 327 g/mol. The highest BCUT2D eigenvalue weighted by Gasteiger charge is 2.07. The smallest absolute Gasteiger partial charge is 0.303 e. The van der Waals surface area contributed by atoms with Gasteiger partial charge in [0.25, 0.3) is 0 Å². The van der Waals surface area contributed by atoms with E-state index in [1.165, 1.54) is 12.4 Å². The average Bonchev–Trinajstić information content (AvgIpc) is 2.62. The predicted molar refractivity (Wildman–Crippen MR) is 92.8 cm³/mol. The van der Waals surface area contributed by atoms with Gasteiger partial charge in [0, 0.05) is 5.69 Å². The first-order valence-corrected chi connectivity index (χ1v) is 7.05. The number of methoxy groups -OCH3 is 2. The van der Waals surface area contributed by atoms with Crippen LogP contribution < -0.4 is 14.8 Å². The molecular formula is C17H17N3O4. The van der Waals surface area contributed by atoms with Crippen molar-refractivity contribution < 1.29 is 14.4 Å². The van der Waals surface area contributed by atoms with Crippen LogP contribution in [0.25, 0.3) is 0 Å². The Hall–Kier alpha value is -3.35. The lowest BCUT2D eigenvalue weighted by molar-refractivity contribution is -0.414. The van der Waals surface area contributed by atoms with E-state index in [2.05, 4.69) is 10.3 Å². The fourth-order valence-electron chi connectivity index (χ4n) is 1.79. The molecule has 0 fully saturated rings. The Morgan fingerprint density at radius 1 is 1.04 bits per heavy atom. The summed E-state index contributed by atoms with van der Waals surface area (Å²) >= 11 is 0. The van der Waals surface area contributed by atoms with Gasteiger partial charge in [-0.3, -0.25) is 10.1 Å². The van der Waals surface area contributed by atoms with Gasteiger partial charge in [0.05, 0.1) is 31.0 Å². The zero-order valence-corrected chi connectivity index (χ0v) is 13.3. The van der Waals surface area contributed by atoms with Crippen molar-refractivity contribution in [1.29, 1.82) is 0 Å². The van der Waals surface area contributed by atoms with Crippen LogP contribution in [0.5, 0.6) is 11.5 Å². The maximum absolute atomic E-state index is 11.1. The molecule has 0 aliphatic carbocycles. The summed E-state index contributed by atoms with van der Waals surface area (Å²) in [6.45, 7) is 0. The quantitative estimate of drug-likeness (QED) is 0.477. The molecule has 2 aromatic rings. The first-order valence-electron chi connectivity index (χ1n) is 7.05. The summed E-state index contributed by atoms with van der Waals surface area (Å²) in [5.41, 5.74) is 1.13. The van der Waals surface area contributed by atoms with E-state index < -0.39 is 4.92 Å². The molecule has 0 aliphatic heterocycles. The van der Waals surface area contributed by atoms with E-state index in [1.54, 1.807) is 62.8 Å². The summed E-state index contributed by atoms with van der Waals surface area (Å²) in [6.07, 6.45) is 2.48. The fourth-order valence-corrected chi connectivity index (χ4v) is 1.79. The molecule has 124 valence electrons. The van der Waals surface area contributed by atoms with Gasteiger partial charge in [0.1, 0.15) is 17.7 Å². The minimum atomic E-state index is -0.510. The van der Waals surface area contributed by atoms with Crippen LogP contribution in [-0.2, 0) is 0 Å². The summed E-state index contributed by atoms with van der Waals surface area (Å²) in [4.78, 5) is 14.7. The van der Waals surface area contributed by atoms with E-state index in [1.807, 2.05) is 0 Å².